The predicted octanol–water partition coefficient (Wildman–Crippen LogP) is 2.34. The first kappa shape index (κ1) is 8.82. The molecule has 2 rings (SSSR count). The monoisotopic (exact) mass is 179 g/mol. The van der Waals surface area contributed by atoms with Gasteiger partial charge in [0.25, 0.3) is 0 Å². The minimum absolute atomic E-state index is 0.388. The lowest BCUT2D eigenvalue weighted by Crippen LogP contribution is -2.34. The topological polar surface area (TPSA) is 39.2 Å². The van der Waals surface area contributed by atoms with E-state index < -0.39 is 0 Å². The van der Waals surface area contributed by atoms with Gasteiger partial charge in [-0.15, -0.1) is 0 Å². The average Bonchev–Trinajstić information content (AvgIpc) is 2.61. The van der Waals surface area contributed by atoms with Crippen molar-refractivity contribution in [2.75, 3.05) is 0 Å². The summed E-state index contributed by atoms with van der Waals surface area (Å²) in [7, 11) is 0. The number of nitrogens with two attached hydrogens (primary N) is 1. The third-order valence-electron chi connectivity index (χ3n) is 3.01. The molecule has 13 heavy (non-hydrogen) atoms. The molecule has 2 N–H and O–H groups in total. The van der Waals surface area contributed by atoms with Crippen LogP contribution in [0.3, 0.4) is 0 Å². The first-order valence-electron chi connectivity index (χ1n) is 5.14. The molecule has 0 radical (unpaired) electrons. The highest BCUT2D eigenvalue weighted by Crippen LogP contribution is 2.26. The van der Waals surface area contributed by atoms with Gasteiger partial charge in [0, 0.05) is 12.5 Å². The van der Waals surface area contributed by atoms with Gasteiger partial charge < -0.3 is 10.2 Å². The zero-order chi connectivity index (χ0) is 9.10. The Bertz CT molecular complexity index is 243. The van der Waals surface area contributed by atoms with Crippen LogP contribution in [0.4, 0.5) is 0 Å². The summed E-state index contributed by atoms with van der Waals surface area (Å²) in [6.07, 6.45) is 7.85. The highest BCUT2D eigenvalue weighted by atomic mass is 16.3. The second-order valence-electron chi connectivity index (χ2n) is 3.99. The van der Waals surface area contributed by atoms with Crippen LogP contribution >= 0.6 is 0 Å². The van der Waals surface area contributed by atoms with Crippen LogP contribution in [-0.2, 0) is 6.42 Å². The molecule has 1 saturated carbocycles. The van der Waals surface area contributed by atoms with Gasteiger partial charge in [0.15, 0.2) is 0 Å². The van der Waals surface area contributed by atoms with Crippen molar-refractivity contribution in [3.05, 3.63) is 24.2 Å². The predicted molar refractivity (Wildman–Crippen MR) is 52.3 cm³/mol. The Morgan fingerprint density at radius 2 is 2.23 bits per heavy atom. The Hall–Kier alpha value is -0.760. The molecule has 0 bridgehead atoms. The molecular weight excluding hydrogens is 162 g/mol. The fraction of sp³-hybridized carbons (Fsp3) is 0.636. The third-order valence-corrected chi connectivity index (χ3v) is 3.01. The molecule has 0 spiro atoms. The van der Waals surface area contributed by atoms with Crippen LogP contribution in [0.1, 0.15) is 31.4 Å². The van der Waals surface area contributed by atoms with Crippen molar-refractivity contribution >= 4 is 0 Å². The molecule has 2 atom stereocenters. The maximum absolute atomic E-state index is 6.05. The molecule has 0 aliphatic heterocycles. The van der Waals surface area contributed by atoms with Gasteiger partial charge in [0.1, 0.15) is 5.76 Å². The summed E-state index contributed by atoms with van der Waals surface area (Å²) in [5, 5.41) is 0. The molecule has 1 aliphatic rings. The van der Waals surface area contributed by atoms with Crippen LogP contribution < -0.4 is 5.73 Å². The summed E-state index contributed by atoms with van der Waals surface area (Å²) < 4.78 is 5.33. The number of rotatable bonds is 2. The van der Waals surface area contributed by atoms with Crippen LogP contribution in [0, 0.1) is 5.92 Å². The highest BCUT2D eigenvalue weighted by Gasteiger charge is 2.22. The van der Waals surface area contributed by atoms with Gasteiger partial charge in [-0.25, -0.2) is 0 Å². The number of hydrogen-bond acceptors (Lipinski definition) is 2. The van der Waals surface area contributed by atoms with Gasteiger partial charge in [0.2, 0.25) is 0 Å². The van der Waals surface area contributed by atoms with Gasteiger partial charge in [-0.2, -0.15) is 0 Å². The highest BCUT2D eigenvalue weighted by molar-refractivity contribution is 5.00. The molecule has 2 nitrogen and oxygen atoms in total. The van der Waals surface area contributed by atoms with Crippen LogP contribution in [0.15, 0.2) is 22.8 Å². The minimum Gasteiger partial charge on any atom is -0.469 e. The first-order valence-corrected chi connectivity index (χ1v) is 5.14. The van der Waals surface area contributed by atoms with E-state index >= 15 is 0 Å². The quantitative estimate of drug-likeness (QED) is 0.756. The fourth-order valence-corrected chi connectivity index (χ4v) is 2.18. The number of furan rings is 1. The Morgan fingerprint density at radius 1 is 1.38 bits per heavy atom. The maximum Gasteiger partial charge on any atom is 0.104 e. The summed E-state index contributed by atoms with van der Waals surface area (Å²) in [5.41, 5.74) is 6.05. The van der Waals surface area contributed by atoms with Crippen molar-refractivity contribution in [2.24, 2.45) is 11.7 Å². The Balaban J connectivity index is 1.93. The average molecular weight is 179 g/mol. The Kier molecular flexibility index (Phi) is 2.69. The minimum atomic E-state index is 0.388. The molecular formula is C11H17NO. The van der Waals surface area contributed by atoms with E-state index in [4.69, 9.17) is 10.2 Å². The maximum atomic E-state index is 6.05. The van der Waals surface area contributed by atoms with Crippen LogP contribution in [0.25, 0.3) is 0 Å². The second kappa shape index (κ2) is 3.97. The summed E-state index contributed by atoms with van der Waals surface area (Å²) in [4.78, 5) is 0. The molecule has 1 fully saturated rings. The molecule has 0 unspecified atom stereocenters. The Labute approximate surface area is 79.1 Å². The van der Waals surface area contributed by atoms with Gasteiger partial charge in [-0.3, -0.25) is 0 Å². The van der Waals surface area contributed by atoms with Crippen molar-refractivity contribution in [1.29, 1.82) is 0 Å². The molecule has 1 aliphatic carbocycles. The fourth-order valence-electron chi connectivity index (χ4n) is 2.18. The van der Waals surface area contributed by atoms with E-state index in [0.29, 0.717) is 12.0 Å². The van der Waals surface area contributed by atoms with E-state index in [2.05, 4.69) is 0 Å². The molecule has 1 heterocycles. The summed E-state index contributed by atoms with van der Waals surface area (Å²) in [6, 6.07) is 4.38. The van der Waals surface area contributed by atoms with E-state index in [9.17, 15) is 0 Å². The summed E-state index contributed by atoms with van der Waals surface area (Å²) in [5.74, 6) is 1.72. The zero-order valence-corrected chi connectivity index (χ0v) is 7.91. The normalized spacial score (nSPS) is 29.0. The largest absolute Gasteiger partial charge is 0.469 e. The molecule has 0 aromatic carbocycles. The second-order valence-corrected chi connectivity index (χ2v) is 3.99. The van der Waals surface area contributed by atoms with Crippen molar-refractivity contribution in [1.82, 2.24) is 0 Å². The molecule has 0 saturated heterocycles. The SMILES string of the molecule is N[C@H]1CCCC[C@H]1Cc1ccco1. The van der Waals surface area contributed by atoms with Crippen LogP contribution in [0.5, 0.6) is 0 Å². The third kappa shape index (κ3) is 2.13. The lowest BCUT2D eigenvalue weighted by atomic mass is 9.82. The van der Waals surface area contributed by atoms with E-state index in [0.717, 1.165) is 12.2 Å². The van der Waals surface area contributed by atoms with E-state index in [1.807, 2.05) is 12.1 Å². The van der Waals surface area contributed by atoms with Crippen molar-refractivity contribution in [3.63, 3.8) is 0 Å². The number of hydrogen-bond donors (Lipinski definition) is 1. The van der Waals surface area contributed by atoms with Gasteiger partial charge in [-0.1, -0.05) is 12.8 Å². The van der Waals surface area contributed by atoms with E-state index in [1.165, 1.54) is 25.7 Å². The standard InChI is InChI=1S/C11H17NO/c12-11-6-2-1-4-9(11)8-10-5-3-7-13-10/h3,5,7,9,11H,1-2,4,6,8,12H2/t9-,11-/m0/s1. The first-order chi connectivity index (χ1) is 6.36. The van der Waals surface area contributed by atoms with Crippen molar-refractivity contribution in [3.8, 4) is 0 Å². The molecule has 2 heteroatoms. The molecule has 1 aromatic heterocycles. The molecule has 72 valence electrons. The summed E-state index contributed by atoms with van der Waals surface area (Å²) in [6.45, 7) is 0. The summed E-state index contributed by atoms with van der Waals surface area (Å²) >= 11 is 0. The molecule has 1 aromatic rings. The van der Waals surface area contributed by atoms with E-state index in [1.54, 1.807) is 6.26 Å². The van der Waals surface area contributed by atoms with Gasteiger partial charge >= 0.3 is 0 Å². The van der Waals surface area contributed by atoms with E-state index in [-0.39, 0.29) is 0 Å². The smallest absolute Gasteiger partial charge is 0.104 e. The van der Waals surface area contributed by atoms with Crippen LogP contribution in [0.2, 0.25) is 0 Å². The van der Waals surface area contributed by atoms with Crippen molar-refractivity contribution < 1.29 is 4.42 Å². The lowest BCUT2D eigenvalue weighted by molar-refractivity contribution is 0.290. The van der Waals surface area contributed by atoms with Gasteiger partial charge in [0.05, 0.1) is 6.26 Å². The Morgan fingerprint density at radius 3 is 2.92 bits per heavy atom. The van der Waals surface area contributed by atoms with Crippen LogP contribution in [-0.4, -0.2) is 6.04 Å². The zero-order valence-electron chi connectivity index (χ0n) is 7.91. The lowest BCUT2D eigenvalue weighted by Gasteiger charge is -2.27. The van der Waals surface area contributed by atoms with Crippen molar-refractivity contribution in [2.45, 2.75) is 38.1 Å². The molecule has 0 amide bonds. The van der Waals surface area contributed by atoms with Gasteiger partial charge in [-0.05, 0) is 30.9 Å².